The van der Waals surface area contributed by atoms with E-state index in [1.165, 1.54) is 16.7 Å². The molecule has 162 valence electrons. The van der Waals surface area contributed by atoms with Gasteiger partial charge in [-0.1, -0.05) is 42.0 Å². The van der Waals surface area contributed by atoms with E-state index >= 15 is 0 Å². The van der Waals surface area contributed by atoms with Crippen molar-refractivity contribution in [3.8, 4) is 0 Å². The largest absolute Gasteiger partial charge is 0.340 e. The molecule has 1 N–H and O–H groups in total. The third kappa shape index (κ3) is 4.78. The van der Waals surface area contributed by atoms with Crippen LogP contribution in [0.1, 0.15) is 46.4 Å². The number of nitrogens with one attached hydrogen (secondary N) is 1. The number of carbonyl (C=O) groups is 1. The van der Waals surface area contributed by atoms with Gasteiger partial charge in [-0.15, -0.1) is 0 Å². The first-order valence-electron chi connectivity index (χ1n) is 11.4. The van der Waals surface area contributed by atoms with Crippen LogP contribution in [0.3, 0.4) is 0 Å². The lowest BCUT2D eigenvalue weighted by Gasteiger charge is -2.26. The summed E-state index contributed by atoms with van der Waals surface area (Å²) in [6.07, 6.45) is 8.50. The average Bonchev–Trinajstić information content (AvgIpc) is 3.32. The summed E-state index contributed by atoms with van der Waals surface area (Å²) in [5, 5.41) is 3.40. The highest BCUT2D eigenvalue weighted by molar-refractivity contribution is 5.97. The molecule has 5 heteroatoms. The highest BCUT2D eigenvalue weighted by Crippen LogP contribution is 2.28. The van der Waals surface area contributed by atoms with Gasteiger partial charge in [-0.3, -0.25) is 9.69 Å². The fourth-order valence-electron chi connectivity index (χ4n) is 4.55. The van der Waals surface area contributed by atoms with Gasteiger partial charge < -0.3 is 5.32 Å². The molecule has 0 unspecified atom stereocenters. The van der Waals surface area contributed by atoms with Gasteiger partial charge in [0.1, 0.15) is 12.1 Å². The Morgan fingerprint density at radius 3 is 2.59 bits per heavy atom. The Kier molecular flexibility index (Phi) is 6.08. The second-order valence-electron chi connectivity index (χ2n) is 8.64. The molecule has 0 amide bonds. The first-order valence-corrected chi connectivity index (χ1v) is 11.4. The van der Waals surface area contributed by atoms with E-state index < -0.39 is 0 Å². The number of rotatable bonds is 7. The number of ketones is 1. The summed E-state index contributed by atoms with van der Waals surface area (Å²) in [6.45, 7) is 2.87. The number of hydrogen-bond acceptors (Lipinski definition) is 5. The van der Waals surface area contributed by atoms with Crippen LogP contribution in [0.15, 0.2) is 72.6 Å². The van der Waals surface area contributed by atoms with Crippen LogP contribution in [0.5, 0.6) is 0 Å². The van der Waals surface area contributed by atoms with Crippen LogP contribution in [-0.2, 0) is 19.4 Å². The smallest absolute Gasteiger partial charge is 0.166 e. The normalized spacial score (nSPS) is 15.8. The van der Waals surface area contributed by atoms with E-state index in [0.717, 1.165) is 68.1 Å². The molecule has 1 aliphatic heterocycles. The minimum atomic E-state index is 0.183. The predicted molar refractivity (Wildman–Crippen MR) is 127 cm³/mol. The number of benzene rings is 2. The number of nitrogens with zero attached hydrogens (tertiary/aromatic N) is 3. The number of Topliss-reactive ketones (excluding diaryl/α,β-unsaturated/α-hetero) is 1. The lowest BCUT2D eigenvalue weighted by molar-refractivity contribution is 0.0990. The van der Waals surface area contributed by atoms with Crippen LogP contribution in [-0.4, -0.2) is 33.7 Å². The molecule has 0 saturated carbocycles. The van der Waals surface area contributed by atoms with Crippen molar-refractivity contribution < 1.29 is 4.79 Å². The summed E-state index contributed by atoms with van der Waals surface area (Å²) in [6, 6.07) is 18.3. The number of aryl methyl sites for hydroxylation is 1. The van der Waals surface area contributed by atoms with Gasteiger partial charge in [-0.25, -0.2) is 9.97 Å². The van der Waals surface area contributed by atoms with E-state index in [-0.39, 0.29) is 5.78 Å². The first-order chi connectivity index (χ1) is 15.7. The van der Waals surface area contributed by atoms with Gasteiger partial charge in [0.15, 0.2) is 5.78 Å². The zero-order chi connectivity index (χ0) is 21.8. The summed E-state index contributed by atoms with van der Waals surface area (Å²) in [7, 11) is 0. The quantitative estimate of drug-likeness (QED) is 0.422. The molecular weight excluding hydrogens is 396 g/mol. The van der Waals surface area contributed by atoms with Crippen molar-refractivity contribution in [2.45, 2.75) is 38.6 Å². The van der Waals surface area contributed by atoms with E-state index in [0.29, 0.717) is 6.42 Å². The molecule has 1 aliphatic carbocycles. The summed E-state index contributed by atoms with van der Waals surface area (Å²) in [5.41, 5.74) is 6.66. The van der Waals surface area contributed by atoms with Gasteiger partial charge in [0.2, 0.25) is 0 Å². The third-order valence-corrected chi connectivity index (χ3v) is 6.37. The number of fused-ring (bicyclic) bond motifs is 1. The van der Waals surface area contributed by atoms with Gasteiger partial charge in [0.05, 0.1) is 0 Å². The van der Waals surface area contributed by atoms with Gasteiger partial charge in [-0.05, 0) is 55.5 Å². The Morgan fingerprint density at radius 1 is 0.969 bits per heavy atom. The van der Waals surface area contributed by atoms with Gasteiger partial charge in [-0.2, -0.15) is 0 Å². The summed E-state index contributed by atoms with van der Waals surface area (Å²) in [4.78, 5) is 24.0. The van der Waals surface area contributed by atoms with Crippen LogP contribution in [0.4, 0.5) is 11.5 Å². The zero-order valence-electron chi connectivity index (χ0n) is 18.3. The molecule has 5 rings (SSSR count). The molecule has 0 radical (unpaired) electrons. The molecule has 0 atom stereocenters. The van der Waals surface area contributed by atoms with Gasteiger partial charge >= 0.3 is 0 Å². The molecule has 0 spiro atoms. The van der Waals surface area contributed by atoms with E-state index in [2.05, 4.69) is 50.5 Å². The Balaban J connectivity index is 1.16. The first kappa shape index (κ1) is 20.6. The van der Waals surface area contributed by atoms with Crippen LogP contribution in [0, 0.1) is 0 Å². The highest BCUT2D eigenvalue weighted by atomic mass is 16.1. The molecule has 2 aromatic carbocycles. The molecule has 0 fully saturated rings. The Bertz CT molecular complexity index is 1120. The molecule has 5 nitrogen and oxygen atoms in total. The number of carbonyl (C=O) groups excluding carboxylic acids is 1. The number of aromatic nitrogens is 2. The Labute approximate surface area is 189 Å². The maximum absolute atomic E-state index is 12.8. The van der Waals surface area contributed by atoms with Crippen LogP contribution in [0.2, 0.25) is 0 Å². The minimum Gasteiger partial charge on any atom is -0.340 e. The monoisotopic (exact) mass is 424 g/mol. The third-order valence-electron chi connectivity index (χ3n) is 6.37. The lowest BCUT2D eigenvalue weighted by Crippen LogP contribution is -2.28. The average molecular weight is 425 g/mol. The van der Waals surface area contributed by atoms with E-state index in [9.17, 15) is 4.79 Å². The van der Waals surface area contributed by atoms with Crippen molar-refractivity contribution in [2.75, 3.05) is 18.4 Å². The van der Waals surface area contributed by atoms with E-state index in [1.54, 1.807) is 6.33 Å². The number of hydrogen-bond donors (Lipinski definition) is 1. The molecule has 0 saturated heterocycles. The van der Waals surface area contributed by atoms with Gasteiger partial charge in [0.25, 0.3) is 0 Å². The number of anilines is 2. The Morgan fingerprint density at radius 2 is 1.81 bits per heavy atom. The summed E-state index contributed by atoms with van der Waals surface area (Å²) < 4.78 is 0. The minimum absolute atomic E-state index is 0.183. The second-order valence-corrected chi connectivity index (χ2v) is 8.64. The maximum atomic E-state index is 12.8. The SMILES string of the molecule is O=C(CC1=CCN(Cc2ccccc2)CC1)c1ccc(Nc2ncnc3c2CCC3)cc1. The Hall–Kier alpha value is -3.31. The lowest BCUT2D eigenvalue weighted by atomic mass is 9.98. The summed E-state index contributed by atoms with van der Waals surface area (Å²) >= 11 is 0. The molecule has 3 aromatic rings. The van der Waals surface area contributed by atoms with Crippen LogP contribution < -0.4 is 5.32 Å². The van der Waals surface area contributed by atoms with E-state index in [1.807, 2.05) is 30.3 Å². The predicted octanol–water partition coefficient (Wildman–Crippen LogP) is 5.11. The van der Waals surface area contributed by atoms with Crippen molar-refractivity contribution in [1.82, 2.24) is 14.9 Å². The fraction of sp³-hybridized carbons (Fsp3) is 0.296. The molecule has 32 heavy (non-hydrogen) atoms. The molecule has 0 bridgehead atoms. The summed E-state index contributed by atoms with van der Waals surface area (Å²) in [5.74, 6) is 1.07. The van der Waals surface area contributed by atoms with Gasteiger partial charge in [0, 0.05) is 48.6 Å². The van der Waals surface area contributed by atoms with Crippen LogP contribution in [0.25, 0.3) is 0 Å². The van der Waals surface area contributed by atoms with Crippen molar-refractivity contribution in [3.63, 3.8) is 0 Å². The second kappa shape index (κ2) is 9.45. The van der Waals surface area contributed by atoms with Crippen molar-refractivity contribution in [1.29, 1.82) is 0 Å². The molecule has 2 heterocycles. The highest BCUT2D eigenvalue weighted by Gasteiger charge is 2.18. The maximum Gasteiger partial charge on any atom is 0.166 e. The molecular formula is C27H28N4O. The van der Waals surface area contributed by atoms with Crippen molar-refractivity contribution in [3.05, 3.63) is 95.0 Å². The fourth-order valence-corrected chi connectivity index (χ4v) is 4.55. The van der Waals surface area contributed by atoms with Crippen molar-refractivity contribution in [2.24, 2.45) is 0 Å². The van der Waals surface area contributed by atoms with E-state index in [4.69, 9.17) is 0 Å². The standard InChI is InChI=1S/C27H28N4O/c32-26(17-20-13-15-31(16-14-20)18-21-5-2-1-3-6-21)22-9-11-23(12-10-22)30-27-24-7-4-8-25(24)28-19-29-27/h1-3,5-6,9-13,19H,4,7-8,14-18H2,(H,28,29,30). The molecule has 2 aliphatic rings. The molecule has 1 aromatic heterocycles. The van der Waals surface area contributed by atoms with Crippen molar-refractivity contribution >= 4 is 17.3 Å². The van der Waals surface area contributed by atoms with Crippen LogP contribution >= 0.6 is 0 Å². The topological polar surface area (TPSA) is 58.1 Å². The zero-order valence-corrected chi connectivity index (χ0v) is 18.3.